The second-order valence-corrected chi connectivity index (χ2v) is 7.93. The zero-order chi connectivity index (χ0) is 19.9. The maximum absolute atomic E-state index is 12.7. The molecule has 1 aliphatic heterocycles. The SMILES string of the molecule is COCc1nc(N2CCN(Cc3ccccc3)CC2)[nH]c(=O)c1CCC(C)C. The van der Waals surface area contributed by atoms with Crippen LogP contribution in [0.4, 0.5) is 5.95 Å². The first-order valence-electron chi connectivity index (χ1n) is 10.2. The summed E-state index contributed by atoms with van der Waals surface area (Å²) >= 11 is 0. The third-order valence-electron chi connectivity index (χ3n) is 5.26. The van der Waals surface area contributed by atoms with Crippen molar-refractivity contribution >= 4 is 5.95 Å². The van der Waals surface area contributed by atoms with Gasteiger partial charge in [-0.1, -0.05) is 44.2 Å². The molecule has 6 nitrogen and oxygen atoms in total. The molecule has 1 aliphatic rings. The van der Waals surface area contributed by atoms with E-state index in [1.165, 1.54) is 5.56 Å². The van der Waals surface area contributed by atoms with Gasteiger partial charge in [0.2, 0.25) is 5.95 Å². The Morgan fingerprint density at radius 2 is 1.86 bits per heavy atom. The maximum atomic E-state index is 12.7. The smallest absolute Gasteiger partial charge is 0.255 e. The summed E-state index contributed by atoms with van der Waals surface area (Å²) in [6, 6.07) is 10.5. The van der Waals surface area contributed by atoms with Crippen molar-refractivity contribution in [3.05, 3.63) is 57.5 Å². The summed E-state index contributed by atoms with van der Waals surface area (Å²) in [5, 5.41) is 0. The predicted molar refractivity (Wildman–Crippen MR) is 113 cm³/mol. The molecule has 0 amide bonds. The number of piperazine rings is 1. The Balaban J connectivity index is 1.67. The molecule has 0 atom stereocenters. The average molecular weight is 385 g/mol. The lowest BCUT2D eigenvalue weighted by Gasteiger charge is -2.35. The number of aromatic nitrogens is 2. The molecule has 0 aliphatic carbocycles. The fourth-order valence-corrected chi connectivity index (χ4v) is 3.59. The molecule has 6 heteroatoms. The van der Waals surface area contributed by atoms with E-state index in [-0.39, 0.29) is 5.56 Å². The van der Waals surface area contributed by atoms with Gasteiger partial charge < -0.3 is 9.64 Å². The van der Waals surface area contributed by atoms with Gasteiger partial charge >= 0.3 is 0 Å². The lowest BCUT2D eigenvalue weighted by molar-refractivity contribution is 0.180. The number of ether oxygens (including phenoxy) is 1. The second kappa shape index (κ2) is 9.85. The third kappa shape index (κ3) is 5.42. The maximum Gasteiger partial charge on any atom is 0.255 e. The summed E-state index contributed by atoms with van der Waals surface area (Å²) in [5.74, 6) is 1.22. The number of benzene rings is 1. The standard InChI is InChI=1S/C22H32N4O2/c1-17(2)9-10-19-20(16-28-3)23-22(24-21(19)27)26-13-11-25(12-14-26)15-18-7-5-4-6-8-18/h4-8,17H,9-16H2,1-3H3,(H,23,24,27). The Kier molecular flexibility index (Phi) is 7.23. The van der Waals surface area contributed by atoms with E-state index < -0.39 is 0 Å². The molecule has 28 heavy (non-hydrogen) atoms. The average Bonchev–Trinajstić information content (AvgIpc) is 2.68. The first kappa shape index (κ1) is 20.6. The molecule has 0 spiro atoms. The van der Waals surface area contributed by atoms with Crippen molar-refractivity contribution in [2.75, 3.05) is 38.2 Å². The number of methoxy groups -OCH3 is 1. The molecular formula is C22H32N4O2. The van der Waals surface area contributed by atoms with E-state index in [4.69, 9.17) is 9.72 Å². The minimum atomic E-state index is -0.0237. The number of anilines is 1. The Hall–Kier alpha value is -2.18. The lowest BCUT2D eigenvalue weighted by atomic mass is 10.0. The number of H-pyrrole nitrogens is 1. The normalized spacial score (nSPS) is 15.4. The molecule has 0 saturated carbocycles. The number of nitrogens with zero attached hydrogens (tertiary/aromatic N) is 3. The molecule has 3 rings (SSSR count). The number of aromatic amines is 1. The predicted octanol–water partition coefficient (Wildman–Crippen LogP) is 2.83. The molecule has 1 N–H and O–H groups in total. The van der Waals surface area contributed by atoms with Crippen molar-refractivity contribution in [1.82, 2.24) is 14.9 Å². The van der Waals surface area contributed by atoms with Crippen LogP contribution in [0.3, 0.4) is 0 Å². The highest BCUT2D eigenvalue weighted by Crippen LogP contribution is 2.16. The van der Waals surface area contributed by atoms with Gasteiger partial charge in [-0.3, -0.25) is 14.7 Å². The van der Waals surface area contributed by atoms with Crippen LogP contribution in [0.1, 0.15) is 37.1 Å². The number of hydrogen-bond donors (Lipinski definition) is 1. The summed E-state index contributed by atoms with van der Waals surface area (Å²) in [4.78, 5) is 25.1. The molecule has 1 aromatic heterocycles. The van der Waals surface area contributed by atoms with Crippen molar-refractivity contribution in [2.24, 2.45) is 5.92 Å². The van der Waals surface area contributed by atoms with Crippen molar-refractivity contribution in [1.29, 1.82) is 0 Å². The van der Waals surface area contributed by atoms with Crippen LogP contribution in [0.15, 0.2) is 35.1 Å². The van der Waals surface area contributed by atoms with Gasteiger partial charge in [0.1, 0.15) is 0 Å². The van der Waals surface area contributed by atoms with E-state index in [1.807, 2.05) is 6.07 Å². The summed E-state index contributed by atoms with van der Waals surface area (Å²) in [7, 11) is 1.65. The van der Waals surface area contributed by atoms with Gasteiger partial charge in [0.15, 0.2) is 0 Å². The molecule has 1 saturated heterocycles. The lowest BCUT2D eigenvalue weighted by Crippen LogP contribution is -2.47. The van der Waals surface area contributed by atoms with Gasteiger partial charge in [0.05, 0.1) is 12.3 Å². The van der Waals surface area contributed by atoms with Crippen molar-refractivity contribution in [3.63, 3.8) is 0 Å². The first-order chi connectivity index (χ1) is 13.6. The van der Waals surface area contributed by atoms with Crippen LogP contribution in [-0.4, -0.2) is 48.2 Å². The van der Waals surface area contributed by atoms with Crippen LogP contribution < -0.4 is 10.5 Å². The molecular weight excluding hydrogens is 352 g/mol. The van der Waals surface area contributed by atoms with Crippen LogP contribution in [0.25, 0.3) is 0 Å². The Bertz CT molecular complexity index is 796. The highest BCUT2D eigenvalue weighted by molar-refractivity contribution is 5.34. The highest BCUT2D eigenvalue weighted by Gasteiger charge is 2.21. The van der Waals surface area contributed by atoms with Crippen molar-refractivity contribution in [3.8, 4) is 0 Å². The van der Waals surface area contributed by atoms with Crippen LogP contribution >= 0.6 is 0 Å². The van der Waals surface area contributed by atoms with E-state index >= 15 is 0 Å². The van der Waals surface area contributed by atoms with E-state index in [0.29, 0.717) is 18.5 Å². The van der Waals surface area contributed by atoms with Gasteiger partial charge in [-0.2, -0.15) is 0 Å². The zero-order valence-corrected chi connectivity index (χ0v) is 17.3. The topological polar surface area (TPSA) is 61.5 Å². The van der Waals surface area contributed by atoms with Crippen LogP contribution in [-0.2, 0) is 24.3 Å². The Morgan fingerprint density at radius 3 is 2.50 bits per heavy atom. The molecule has 0 unspecified atom stereocenters. The summed E-state index contributed by atoms with van der Waals surface area (Å²) in [6.07, 6.45) is 1.71. The van der Waals surface area contributed by atoms with Crippen LogP contribution in [0.2, 0.25) is 0 Å². The Labute approximate surface area is 167 Å². The van der Waals surface area contributed by atoms with Crippen LogP contribution in [0.5, 0.6) is 0 Å². The zero-order valence-electron chi connectivity index (χ0n) is 17.3. The monoisotopic (exact) mass is 384 g/mol. The minimum Gasteiger partial charge on any atom is -0.378 e. The largest absolute Gasteiger partial charge is 0.378 e. The molecule has 1 fully saturated rings. The first-order valence-corrected chi connectivity index (χ1v) is 10.2. The Morgan fingerprint density at radius 1 is 1.14 bits per heavy atom. The van der Waals surface area contributed by atoms with Gasteiger partial charge in [0, 0.05) is 45.4 Å². The fraction of sp³-hybridized carbons (Fsp3) is 0.545. The van der Waals surface area contributed by atoms with Gasteiger partial charge in [-0.25, -0.2) is 4.98 Å². The minimum absolute atomic E-state index is 0.0237. The number of hydrogen-bond acceptors (Lipinski definition) is 5. The fourth-order valence-electron chi connectivity index (χ4n) is 3.59. The molecule has 0 bridgehead atoms. The second-order valence-electron chi connectivity index (χ2n) is 7.93. The van der Waals surface area contributed by atoms with Gasteiger partial charge in [-0.15, -0.1) is 0 Å². The number of nitrogens with one attached hydrogen (secondary N) is 1. The summed E-state index contributed by atoms with van der Waals surface area (Å²) < 4.78 is 5.31. The van der Waals surface area contributed by atoms with E-state index in [2.05, 4.69) is 52.9 Å². The van der Waals surface area contributed by atoms with E-state index in [1.54, 1.807) is 7.11 Å². The van der Waals surface area contributed by atoms with Crippen molar-refractivity contribution in [2.45, 2.75) is 39.8 Å². The van der Waals surface area contributed by atoms with E-state index in [9.17, 15) is 4.79 Å². The number of rotatable bonds is 8. The quantitative estimate of drug-likeness (QED) is 0.758. The van der Waals surface area contributed by atoms with E-state index in [0.717, 1.165) is 56.8 Å². The van der Waals surface area contributed by atoms with Crippen LogP contribution in [0, 0.1) is 5.92 Å². The third-order valence-corrected chi connectivity index (χ3v) is 5.26. The summed E-state index contributed by atoms with van der Waals surface area (Å²) in [5.41, 5.74) is 2.85. The summed E-state index contributed by atoms with van der Waals surface area (Å²) in [6.45, 7) is 9.28. The van der Waals surface area contributed by atoms with Crippen molar-refractivity contribution < 1.29 is 4.74 Å². The van der Waals surface area contributed by atoms with Gasteiger partial charge in [-0.05, 0) is 24.3 Å². The molecule has 2 heterocycles. The highest BCUT2D eigenvalue weighted by atomic mass is 16.5. The molecule has 1 aromatic carbocycles. The molecule has 0 radical (unpaired) electrons. The van der Waals surface area contributed by atoms with Gasteiger partial charge in [0.25, 0.3) is 5.56 Å². The molecule has 152 valence electrons. The molecule has 2 aromatic rings.